The molecule has 4 rings (SSSR count). The molecule has 0 saturated carbocycles. The summed E-state index contributed by atoms with van der Waals surface area (Å²) in [7, 11) is 1.21. The fraction of sp³-hybridized carbons (Fsp3) is 0.276. The van der Waals surface area contributed by atoms with E-state index in [1.54, 1.807) is 54.6 Å². The van der Waals surface area contributed by atoms with E-state index in [-0.39, 0.29) is 19.6 Å². The van der Waals surface area contributed by atoms with Crippen molar-refractivity contribution in [3.05, 3.63) is 107 Å². The second kappa shape index (κ2) is 12.3. The van der Waals surface area contributed by atoms with Gasteiger partial charge < -0.3 is 19.9 Å². The molecule has 1 fully saturated rings. The lowest BCUT2D eigenvalue weighted by Gasteiger charge is -2.26. The van der Waals surface area contributed by atoms with Crippen LogP contribution in [0.1, 0.15) is 22.6 Å². The Hall–Kier alpha value is -4.24. The number of amides is 2. The SMILES string of the molecule is COC(=O)[C@H](Cc1ccccc1)NC(=O)[C@H]1[C@@H](O)[C@H](c2cccc(F)c2)CN1C(=O)OCc1ccccc1. The third kappa shape index (κ3) is 6.36. The Kier molecular flexibility index (Phi) is 8.70. The van der Waals surface area contributed by atoms with Crippen molar-refractivity contribution in [3.63, 3.8) is 0 Å². The molecule has 0 spiro atoms. The van der Waals surface area contributed by atoms with Crippen LogP contribution in [0.25, 0.3) is 0 Å². The molecule has 1 heterocycles. The molecule has 9 heteroatoms. The summed E-state index contributed by atoms with van der Waals surface area (Å²) in [5, 5.41) is 13.9. The van der Waals surface area contributed by atoms with E-state index in [0.717, 1.165) is 16.0 Å². The zero-order valence-electron chi connectivity index (χ0n) is 20.8. The van der Waals surface area contributed by atoms with Gasteiger partial charge in [0.1, 0.15) is 24.5 Å². The van der Waals surface area contributed by atoms with Gasteiger partial charge in [0.25, 0.3) is 0 Å². The number of rotatable bonds is 8. The molecule has 8 nitrogen and oxygen atoms in total. The highest BCUT2D eigenvalue weighted by Crippen LogP contribution is 2.33. The number of nitrogens with zero attached hydrogens (tertiary/aromatic N) is 1. The summed E-state index contributed by atoms with van der Waals surface area (Å²) >= 11 is 0. The summed E-state index contributed by atoms with van der Waals surface area (Å²) < 4.78 is 24.3. The number of hydrogen-bond acceptors (Lipinski definition) is 6. The van der Waals surface area contributed by atoms with E-state index in [4.69, 9.17) is 9.47 Å². The van der Waals surface area contributed by atoms with Gasteiger partial charge in [-0.25, -0.2) is 14.0 Å². The molecule has 3 aromatic carbocycles. The predicted molar refractivity (Wildman–Crippen MR) is 136 cm³/mol. The fourth-order valence-corrected chi connectivity index (χ4v) is 4.61. The van der Waals surface area contributed by atoms with Crippen LogP contribution in [0.4, 0.5) is 9.18 Å². The van der Waals surface area contributed by atoms with E-state index < -0.39 is 47.9 Å². The molecular weight excluding hydrogens is 491 g/mol. The average Bonchev–Trinajstić information content (AvgIpc) is 3.29. The lowest BCUT2D eigenvalue weighted by Crippen LogP contribution is -2.54. The summed E-state index contributed by atoms with van der Waals surface area (Å²) in [6.07, 6.45) is -2.05. The molecule has 3 aromatic rings. The molecule has 0 bridgehead atoms. The first-order valence-electron chi connectivity index (χ1n) is 12.2. The van der Waals surface area contributed by atoms with Crippen LogP contribution < -0.4 is 5.32 Å². The van der Waals surface area contributed by atoms with Crippen molar-refractivity contribution < 1.29 is 33.4 Å². The Bertz CT molecular complexity index is 1260. The highest BCUT2D eigenvalue weighted by molar-refractivity contribution is 5.91. The van der Waals surface area contributed by atoms with Crippen LogP contribution in [0.15, 0.2) is 84.9 Å². The van der Waals surface area contributed by atoms with Crippen LogP contribution in [0, 0.1) is 5.82 Å². The molecule has 1 saturated heterocycles. The van der Waals surface area contributed by atoms with Crippen molar-refractivity contribution in [2.75, 3.05) is 13.7 Å². The molecule has 2 N–H and O–H groups in total. The number of ether oxygens (including phenoxy) is 2. The normalized spacial score (nSPS) is 19.4. The molecule has 1 aliphatic heterocycles. The van der Waals surface area contributed by atoms with Gasteiger partial charge in [-0.2, -0.15) is 0 Å². The summed E-state index contributed by atoms with van der Waals surface area (Å²) in [5.74, 6) is -2.68. The molecule has 0 unspecified atom stereocenters. The van der Waals surface area contributed by atoms with E-state index in [9.17, 15) is 23.9 Å². The largest absolute Gasteiger partial charge is 0.467 e. The molecule has 0 aliphatic carbocycles. The van der Waals surface area contributed by atoms with Gasteiger partial charge in [-0.15, -0.1) is 0 Å². The topological polar surface area (TPSA) is 105 Å². The number of nitrogens with one attached hydrogen (secondary N) is 1. The minimum Gasteiger partial charge on any atom is -0.467 e. The Labute approximate surface area is 220 Å². The van der Waals surface area contributed by atoms with E-state index in [0.29, 0.717) is 5.56 Å². The Balaban J connectivity index is 1.57. The monoisotopic (exact) mass is 520 g/mol. The minimum atomic E-state index is -1.38. The van der Waals surface area contributed by atoms with Gasteiger partial charge in [-0.3, -0.25) is 9.69 Å². The molecule has 2 amide bonds. The Morgan fingerprint density at radius 1 is 1.00 bits per heavy atom. The smallest absolute Gasteiger partial charge is 0.410 e. The van der Waals surface area contributed by atoms with Gasteiger partial charge in [0.05, 0.1) is 13.2 Å². The summed E-state index contributed by atoms with van der Waals surface area (Å²) in [4.78, 5) is 40.3. The van der Waals surface area contributed by atoms with E-state index in [1.165, 1.54) is 25.3 Å². The number of esters is 1. The van der Waals surface area contributed by atoms with Crippen molar-refractivity contribution in [1.82, 2.24) is 10.2 Å². The third-order valence-electron chi connectivity index (χ3n) is 6.53. The third-order valence-corrected chi connectivity index (χ3v) is 6.53. The quantitative estimate of drug-likeness (QED) is 0.442. The molecule has 0 aromatic heterocycles. The number of benzene rings is 3. The number of aliphatic hydroxyl groups excluding tert-OH is 1. The van der Waals surface area contributed by atoms with Gasteiger partial charge in [0.2, 0.25) is 5.91 Å². The number of carbonyl (C=O) groups is 3. The maximum Gasteiger partial charge on any atom is 0.410 e. The summed E-state index contributed by atoms with van der Waals surface area (Å²) in [6.45, 7) is -0.123. The van der Waals surface area contributed by atoms with Gasteiger partial charge in [0, 0.05) is 18.9 Å². The Morgan fingerprint density at radius 2 is 1.66 bits per heavy atom. The number of methoxy groups -OCH3 is 1. The van der Waals surface area contributed by atoms with E-state index >= 15 is 0 Å². The highest BCUT2D eigenvalue weighted by Gasteiger charge is 2.49. The van der Waals surface area contributed by atoms with Crippen molar-refractivity contribution in [2.24, 2.45) is 0 Å². The van der Waals surface area contributed by atoms with Crippen LogP contribution >= 0.6 is 0 Å². The van der Waals surface area contributed by atoms with Crippen LogP contribution in [-0.2, 0) is 32.1 Å². The summed E-state index contributed by atoms with van der Waals surface area (Å²) in [5.41, 5.74) is 1.96. The molecule has 38 heavy (non-hydrogen) atoms. The number of likely N-dealkylation sites (tertiary alicyclic amines) is 1. The Morgan fingerprint density at radius 3 is 2.29 bits per heavy atom. The number of carbonyl (C=O) groups excluding carboxylic acids is 3. The van der Waals surface area contributed by atoms with E-state index in [1.807, 2.05) is 12.1 Å². The maximum absolute atomic E-state index is 14.0. The first-order chi connectivity index (χ1) is 18.4. The van der Waals surface area contributed by atoms with Crippen LogP contribution in [0.3, 0.4) is 0 Å². The fourth-order valence-electron chi connectivity index (χ4n) is 4.61. The molecule has 198 valence electrons. The highest BCUT2D eigenvalue weighted by atomic mass is 19.1. The molecule has 1 aliphatic rings. The van der Waals surface area contributed by atoms with Gasteiger partial charge in [-0.05, 0) is 28.8 Å². The van der Waals surface area contributed by atoms with Gasteiger partial charge in [-0.1, -0.05) is 72.8 Å². The van der Waals surface area contributed by atoms with Crippen molar-refractivity contribution in [1.29, 1.82) is 0 Å². The molecule has 4 atom stereocenters. The lowest BCUT2D eigenvalue weighted by atomic mass is 9.93. The van der Waals surface area contributed by atoms with E-state index in [2.05, 4.69) is 5.32 Å². The van der Waals surface area contributed by atoms with Gasteiger partial charge >= 0.3 is 12.1 Å². The van der Waals surface area contributed by atoms with Crippen LogP contribution in [0.5, 0.6) is 0 Å². The molecule has 0 radical (unpaired) electrons. The standard InChI is InChI=1S/C29H29FN2O6/c1-37-28(35)24(15-19-9-4-2-5-10-19)31-27(34)25-26(33)23(21-13-8-14-22(30)16-21)17-32(25)29(36)38-18-20-11-6-3-7-12-20/h2-14,16,23-26,33H,15,17-18H2,1H3,(H,31,34)/t23-,24-,25+,26-/m0/s1. The minimum absolute atomic E-state index is 0.0377. The predicted octanol–water partition coefficient (Wildman–Crippen LogP) is 3.19. The second-order valence-corrected chi connectivity index (χ2v) is 9.06. The average molecular weight is 521 g/mol. The summed E-state index contributed by atoms with van der Waals surface area (Å²) in [6, 6.07) is 21.3. The maximum atomic E-state index is 14.0. The first-order valence-corrected chi connectivity index (χ1v) is 12.2. The molecular formula is C29H29FN2O6. The van der Waals surface area contributed by atoms with Crippen molar-refractivity contribution >= 4 is 18.0 Å². The van der Waals surface area contributed by atoms with Crippen LogP contribution in [-0.4, -0.2) is 59.8 Å². The number of hydrogen-bond donors (Lipinski definition) is 2. The number of aliphatic hydroxyl groups is 1. The van der Waals surface area contributed by atoms with Gasteiger partial charge in [0.15, 0.2) is 0 Å². The first kappa shape index (κ1) is 26.8. The zero-order chi connectivity index (χ0) is 27.1. The lowest BCUT2D eigenvalue weighted by molar-refractivity contribution is -0.146. The zero-order valence-corrected chi connectivity index (χ0v) is 20.8. The van der Waals surface area contributed by atoms with Crippen molar-refractivity contribution in [3.8, 4) is 0 Å². The van der Waals surface area contributed by atoms with Crippen LogP contribution in [0.2, 0.25) is 0 Å². The second-order valence-electron chi connectivity index (χ2n) is 9.06. The van der Waals surface area contributed by atoms with Crippen molar-refractivity contribution in [2.45, 2.75) is 37.1 Å². The number of halogens is 1.